The van der Waals surface area contributed by atoms with Crippen LogP contribution in [0.3, 0.4) is 0 Å². The summed E-state index contributed by atoms with van der Waals surface area (Å²) in [6.45, 7) is 5.46. The summed E-state index contributed by atoms with van der Waals surface area (Å²) in [4.78, 5) is 26.4. The summed E-state index contributed by atoms with van der Waals surface area (Å²) in [7, 11) is 0. The van der Waals surface area contributed by atoms with Crippen LogP contribution in [-0.4, -0.2) is 99.6 Å². The zero-order valence-electron chi connectivity index (χ0n) is 46.9. The van der Waals surface area contributed by atoms with Gasteiger partial charge in [0.1, 0.15) is 24.4 Å². The van der Waals surface area contributed by atoms with Gasteiger partial charge in [-0.3, -0.25) is 9.59 Å². The van der Waals surface area contributed by atoms with Crippen LogP contribution in [0.25, 0.3) is 0 Å². The molecule has 1 saturated heterocycles. The Labute approximate surface area is 455 Å². The number of hydrogen-bond acceptors (Lipinski definition) is 10. The van der Waals surface area contributed by atoms with Crippen LogP contribution in [0.4, 0.5) is 0 Å². The van der Waals surface area contributed by atoms with Crippen molar-refractivity contribution in [3.8, 4) is 0 Å². The smallest absolute Gasteiger partial charge is 0.306 e. The van der Waals surface area contributed by atoms with Gasteiger partial charge in [0.05, 0.1) is 25.4 Å². The fourth-order valence-electron chi connectivity index (χ4n) is 8.33. The molecule has 1 heterocycles. The molecule has 0 aliphatic carbocycles. The number of esters is 1. The second-order valence-electron chi connectivity index (χ2n) is 19.7. The molecule has 1 aliphatic heterocycles. The number of allylic oxidation sites excluding steroid dienone is 19. The molecule has 1 aliphatic rings. The summed E-state index contributed by atoms with van der Waals surface area (Å²) >= 11 is 0. The Morgan fingerprint density at radius 2 is 1.03 bits per heavy atom. The number of amides is 1. The highest BCUT2D eigenvalue weighted by Crippen LogP contribution is 2.26. The van der Waals surface area contributed by atoms with Crippen LogP contribution < -0.4 is 5.32 Å². The number of unbranched alkanes of at least 4 members (excludes halogenated alkanes) is 18. The number of ether oxygens (including phenoxy) is 3. The van der Waals surface area contributed by atoms with E-state index in [2.05, 4.69) is 92.9 Å². The molecule has 0 aromatic heterocycles. The zero-order chi connectivity index (χ0) is 54.7. The first-order valence-corrected chi connectivity index (χ1v) is 29.4. The third kappa shape index (κ3) is 39.1. The first-order valence-electron chi connectivity index (χ1n) is 29.4. The number of aliphatic hydroxyl groups is 5. The average molecular weight is 1050 g/mol. The largest absolute Gasteiger partial charge is 0.454 e. The van der Waals surface area contributed by atoms with Gasteiger partial charge in [0.15, 0.2) is 12.4 Å². The monoisotopic (exact) mass is 1050 g/mol. The number of aliphatic hydroxyl groups excluding tert-OH is 5. The number of rotatable bonds is 47. The van der Waals surface area contributed by atoms with Crippen molar-refractivity contribution in [2.45, 2.75) is 256 Å². The fraction of sp³-hybridized carbons (Fsp3) is 0.656. The van der Waals surface area contributed by atoms with E-state index in [0.29, 0.717) is 12.8 Å². The molecule has 8 atom stereocenters. The van der Waals surface area contributed by atoms with Crippen molar-refractivity contribution in [1.82, 2.24) is 5.32 Å². The summed E-state index contributed by atoms with van der Waals surface area (Å²) in [5.41, 5.74) is 0. The van der Waals surface area contributed by atoms with Gasteiger partial charge in [0, 0.05) is 6.42 Å². The third-order valence-corrected chi connectivity index (χ3v) is 13.0. The van der Waals surface area contributed by atoms with Crippen molar-refractivity contribution in [3.63, 3.8) is 0 Å². The zero-order valence-corrected chi connectivity index (χ0v) is 46.9. The van der Waals surface area contributed by atoms with Gasteiger partial charge in [-0.1, -0.05) is 232 Å². The maximum Gasteiger partial charge on any atom is 0.306 e. The molecular formula is C64H105NO10. The van der Waals surface area contributed by atoms with E-state index in [0.717, 1.165) is 122 Å². The minimum atomic E-state index is -1.63. The van der Waals surface area contributed by atoms with E-state index in [9.17, 15) is 35.1 Å². The van der Waals surface area contributed by atoms with Gasteiger partial charge in [-0.2, -0.15) is 0 Å². The van der Waals surface area contributed by atoms with Crippen LogP contribution in [-0.2, 0) is 23.8 Å². The van der Waals surface area contributed by atoms with E-state index < -0.39 is 67.4 Å². The molecule has 1 rings (SSSR count). The lowest BCUT2D eigenvalue weighted by Crippen LogP contribution is -2.61. The van der Waals surface area contributed by atoms with Crippen LogP contribution in [0.1, 0.15) is 207 Å². The third-order valence-electron chi connectivity index (χ3n) is 13.0. The summed E-state index contributed by atoms with van der Waals surface area (Å²) < 4.78 is 17.5. The van der Waals surface area contributed by atoms with Crippen molar-refractivity contribution in [2.24, 2.45) is 0 Å². The van der Waals surface area contributed by atoms with Crippen molar-refractivity contribution in [2.75, 3.05) is 13.2 Å². The molecule has 8 unspecified atom stereocenters. The predicted octanol–water partition coefficient (Wildman–Crippen LogP) is 13.5. The minimum Gasteiger partial charge on any atom is -0.454 e. The second-order valence-corrected chi connectivity index (χ2v) is 19.7. The topological polar surface area (TPSA) is 175 Å². The highest BCUT2D eigenvalue weighted by atomic mass is 16.7. The lowest BCUT2D eigenvalue weighted by atomic mass is 9.99. The summed E-state index contributed by atoms with van der Waals surface area (Å²) in [5, 5.41) is 56.7. The van der Waals surface area contributed by atoms with Crippen molar-refractivity contribution >= 4 is 11.9 Å². The Morgan fingerprint density at radius 1 is 0.547 bits per heavy atom. The maximum atomic E-state index is 13.3. The number of hydrogen-bond donors (Lipinski definition) is 6. The molecule has 11 nitrogen and oxygen atoms in total. The lowest BCUT2D eigenvalue weighted by Gasteiger charge is -2.41. The van der Waals surface area contributed by atoms with Gasteiger partial charge in [-0.15, -0.1) is 0 Å². The first-order chi connectivity index (χ1) is 36.7. The molecule has 0 saturated carbocycles. The Hall–Kier alpha value is -3.94. The molecule has 0 bridgehead atoms. The molecule has 11 heteroatoms. The highest BCUT2D eigenvalue weighted by Gasteiger charge is 2.47. The number of carbonyl (C=O) groups excluding carboxylic acids is 2. The molecule has 0 spiro atoms. The van der Waals surface area contributed by atoms with Gasteiger partial charge in [-0.25, -0.2) is 0 Å². The van der Waals surface area contributed by atoms with E-state index in [1.807, 2.05) is 48.6 Å². The normalized spacial score (nSPS) is 20.1. The molecule has 6 N–H and O–H groups in total. The van der Waals surface area contributed by atoms with Crippen molar-refractivity contribution in [3.05, 3.63) is 122 Å². The van der Waals surface area contributed by atoms with E-state index in [1.165, 1.54) is 38.5 Å². The van der Waals surface area contributed by atoms with Crippen LogP contribution in [0, 0.1) is 0 Å². The Kier molecular flexibility index (Phi) is 46.8. The first kappa shape index (κ1) is 69.1. The molecule has 0 radical (unpaired) electrons. The predicted molar refractivity (Wildman–Crippen MR) is 310 cm³/mol. The van der Waals surface area contributed by atoms with E-state index in [1.54, 1.807) is 6.08 Å². The quantitative estimate of drug-likeness (QED) is 0.0149. The average Bonchev–Trinajstić information content (AvgIpc) is 3.41. The SMILES string of the molecule is CC/C=C\C/C=C\C/C=C\C/C=C\C/C=C\CCCCCCCCCC(=O)OC1C(OCC(NC(=O)C(O)CCCC\C=C/C=C\C=C\C=C\CC)C(O)/C=C/CCCCCCCCCCC)OC(CO)C(O)C1O. The standard InChI is InChI=1S/C64H105NO10/c1-4-7-10-13-16-19-22-24-25-26-27-28-29-30-31-32-33-34-37-40-43-46-49-52-59(69)75-62-61(71)60(70)58(53-66)74-64(62)73-54-55(56(67)50-47-44-41-38-35-21-18-15-12-9-6-3)65-63(72)57(68)51-48-45-42-39-36-23-20-17-14-11-8-5-2/h7-8,10-11,14,16-17,19-20,23-25,27-28,30-31,36,39,47,50,55-58,60-62,64,66-68,70-71H,4-6,9,12-13,15,18,21-22,26,29,32-35,37-38,40-46,48-49,51-54H2,1-3H3,(H,65,72)/b10-7-,11-8+,17-14+,19-16-,23-20-,25-24-,28-27-,31-30-,39-36-,50-47+. The van der Waals surface area contributed by atoms with Crippen LogP contribution in [0.2, 0.25) is 0 Å². The van der Waals surface area contributed by atoms with Crippen LogP contribution >= 0.6 is 0 Å². The Morgan fingerprint density at radius 3 is 1.60 bits per heavy atom. The van der Waals surface area contributed by atoms with E-state index in [4.69, 9.17) is 14.2 Å². The molecule has 1 fully saturated rings. The van der Waals surface area contributed by atoms with Crippen molar-refractivity contribution < 1.29 is 49.3 Å². The van der Waals surface area contributed by atoms with Crippen LogP contribution in [0.15, 0.2) is 122 Å². The fourth-order valence-corrected chi connectivity index (χ4v) is 8.33. The van der Waals surface area contributed by atoms with E-state index >= 15 is 0 Å². The molecular weight excluding hydrogens is 943 g/mol. The molecule has 426 valence electrons. The number of nitrogens with one attached hydrogen (secondary N) is 1. The molecule has 0 aromatic carbocycles. The summed E-state index contributed by atoms with van der Waals surface area (Å²) in [6.07, 6.45) is 59.6. The lowest BCUT2D eigenvalue weighted by molar-refractivity contribution is -0.305. The van der Waals surface area contributed by atoms with Gasteiger partial charge < -0.3 is 45.1 Å². The minimum absolute atomic E-state index is 0.0979. The maximum absolute atomic E-state index is 13.3. The summed E-state index contributed by atoms with van der Waals surface area (Å²) in [6, 6.07) is -1.05. The van der Waals surface area contributed by atoms with Crippen molar-refractivity contribution in [1.29, 1.82) is 0 Å². The Bertz CT molecular complexity index is 1680. The van der Waals surface area contributed by atoms with Gasteiger partial charge in [0.25, 0.3) is 0 Å². The van der Waals surface area contributed by atoms with Crippen LogP contribution in [0.5, 0.6) is 0 Å². The van der Waals surface area contributed by atoms with Gasteiger partial charge in [-0.05, 0) is 89.9 Å². The molecule has 0 aromatic rings. The Balaban J connectivity index is 2.68. The number of carbonyl (C=O) groups is 2. The van der Waals surface area contributed by atoms with Gasteiger partial charge in [0.2, 0.25) is 5.91 Å². The second kappa shape index (κ2) is 50.9. The summed E-state index contributed by atoms with van der Waals surface area (Å²) in [5.74, 6) is -1.26. The molecule has 75 heavy (non-hydrogen) atoms. The highest BCUT2D eigenvalue weighted by molar-refractivity contribution is 5.80. The van der Waals surface area contributed by atoms with E-state index in [-0.39, 0.29) is 19.4 Å². The molecule has 1 amide bonds. The van der Waals surface area contributed by atoms with Gasteiger partial charge >= 0.3 is 5.97 Å².